The number of hydrogen-bond acceptors (Lipinski definition) is 2. The summed E-state index contributed by atoms with van der Waals surface area (Å²) < 4.78 is 0. The SMILES string of the molecule is Cc1ccc2c(c1C)C(=O)[N]C2=O. The van der Waals surface area contributed by atoms with E-state index in [0.717, 1.165) is 11.1 Å². The average molecular weight is 174 g/mol. The minimum absolute atomic E-state index is 0.402. The van der Waals surface area contributed by atoms with E-state index in [0.29, 0.717) is 11.1 Å². The van der Waals surface area contributed by atoms with Gasteiger partial charge in [-0.05, 0) is 31.0 Å². The van der Waals surface area contributed by atoms with Crippen molar-refractivity contribution in [2.75, 3.05) is 0 Å². The summed E-state index contributed by atoms with van der Waals surface area (Å²) >= 11 is 0. The predicted molar refractivity (Wildman–Crippen MR) is 46.7 cm³/mol. The van der Waals surface area contributed by atoms with Crippen LogP contribution in [0.4, 0.5) is 0 Å². The summed E-state index contributed by atoms with van der Waals surface area (Å²) in [6, 6.07) is 3.49. The van der Waals surface area contributed by atoms with Crippen molar-refractivity contribution in [1.82, 2.24) is 5.32 Å². The van der Waals surface area contributed by atoms with Crippen LogP contribution < -0.4 is 5.32 Å². The van der Waals surface area contributed by atoms with Gasteiger partial charge in [-0.1, -0.05) is 6.07 Å². The summed E-state index contributed by atoms with van der Waals surface area (Å²) in [7, 11) is 0. The Morgan fingerprint density at radius 2 is 1.77 bits per heavy atom. The number of carbonyl (C=O) groups is 2. The second-order valence-corrected chi connectivity index (χ2v) is 3.15. The number of hydrogen-bond donors (Lipinski definition) is 0. The number of aryl methyl sites for hydroxylation is 1. The molecule has 0 N–H and O–H groups in total. The molecule has 1 aliphatic heterocycles. The molecule has 0 aliphatic carbocycles. The summed E-state index contributed by atoms with van der Waals surface area (Å²) in [6.45, 7) is 3.74. The third kappa shape index (κ3) is 0.967. The highest BCUT2D eigenvalue weighted by Gasteiger charge is 2.30. The summed E-state index contributed by atoms with van der Waals surface area (Å²) in [5.41, 5.74) is 2.78. The van der Waals surface area contributed by atoms with E-state index in [9.17, 15) is 9.59 Å². The molecule has 1 aromatic rings. The third-order valence-corrected chi connectivity index (χ3v) is 2.38. The van der Waals surface area contributed by atoms with Crippen molar-refractivity contribution in [1.29, 1.82) is 0 Å². The van der Waals surface area contributed by atoms with Crippen molar-refractivity contribution in [3.63, 3.8) is 0 Å². The lowest BCUT2D eigenvalue weighted by atomic mass is 9.99. The lowest BCUT2D eigenvalue weighted by molar-refractivity contribution is 0.0873. The predicted octanol–water partition coefficient (Wildman–Crippen LogP) is 1.20. The minimum atomic E-state index is -0.414. The zero-order valence-electron chi connectivity index (χ0n) is 7.42. The minimum Gasteiger partial charge on any atom is -0.267 e. The molecule has 0 bridgehead atoms. The van der Waals surface area contributed by atoms with Crippen molar-refractivity contribution in [3.05, 3.63) is 34.4 Å². The molecule has 0 saturated heterocycles. The number of fused-ring (bicyclic) bond motifs is 1. The molecule has 1 aromatic carbocycles. The molecular formula is C10H8NO2. The smallest absolute Gasteiger partial charge is 0.267 e. The molecule has 13 heavy (non-hydrogen) atoms. The summed E-state index contributed by atoms with van der Waals surface area (Å²) in [6.07, 6.45) is 0. The molecule has 0 saturated carbocycles. The zero-order valence-corrected chi connectivity index (χ0v) is 7.42. The van der Waals surface area contributed by atoms with Gasteiger partial charge in [-0.25, -0.2) is 0 Å². The Morgan fingerprint density at radius 1 is 1.08 bits per heavy atom. The number of rotatable bonds is 0. The monoisotopic (exact) mass is 174 g/mol. The normalized spacial score (nSPS) is 14.3. The molecule has 0 unspecified atom stereocenters. The number of benzene rings is 1. The first-order valence-electron chi connectivity index (χ1n) is 4.02. The van der Waals surface area contributed by atoms with Gasteiger partial charge >= 0.3 is 0 Å². The molecule has 0 atom stereocenters. The van der Waals surface area contributed by atoms with Gasteiger partial charge in [0.2, 0.25) is 0 Å². The Morgan fingerprint density at radius 3 is 2.46 bits per heavy atom. The van der Waals surface area contributed by atoms with E-state index < -0.39 is 11.8 Å². The third-order valence-electron chi connectivity index (χ3n) is 2.38. The Kier molecular flexibility index (Phi) is 1.49. The van der Waals surface area contributed by atoms with Crippen molar-refractivity contribution in [2.24, 2.45) is 0 Å². The van der Waals surface area contributed by atoms with Gasteiger partial charge in [-0.2, -0.15) is 5.32 Å². The quantitative estimate of drug-likeness (QED) is 0.555. The van der Waals surface area contributed by atoms with E-state index in [1.807, 2.05) is 19.9 Å². The fourth-order valence-corrected chi connectivity index (χ4v) is 1.48. The van der Waals surface area contributed by atoms with Crippen LogP contribution in [0.15, 0.2) is 12.1 Å². The van der Waals surface area contributed by atoms with Crippen LogP contribution in [-0.4, -0.2) is 11.8 Å². The van der Waals surface area contributed by atoms with E-state index in [4.69, 9.17) is 0 Å². The zero-order chi connectivity index (χ0) is 9.59. The van der Waals surface area contributed by atoms with Gasteiger partial charge in [0.05, 0.1) is 11.1 Å². The van der Waals surface area contributed by atoms with Crippen molar-refractivity contribution < 1.29 is 9.59 Å². The van der Waals surface area contributed by atoms with Gasteiger partial charge in [0, 0.05) is 0 Å². The molecule has 3 heteroatoms. The summed E-state index contributed by atoms with van der Waals surface area (Å²) in [4.78, 5) is 22.4. The fraction of sp³-hybridized carbons (Fsp3) is 0.200. The Labute approximate surface area is 75.8 Å². The first kappa shape index (κ1) is 7.98. The highest BCUT2D eigenvalue weighted by Crippen LogP contribution is 2.22. The van der Waals surface area contributed by atoms with Gasteiger partial charge < -0.3 is 0 Å². The number of nitrogens with zero attached hydrogens (tertiary/aromatic N) is 1. The van der Waals surface area contributed by atoms with Crippen LogP contribution in [0.2, 0.25) is 0 Å². The van der Waals surface area contributed by atoms with Gasteiger partial charge in [-0.15, -0.1) is 0 Å². The van der Waals surface area contributed by atoms with Crippen LogP contribution in [0, 0.1) is 13.8 Å². The molecule has 0 fully saturated rings. The molecule has 0 aromatic heterocycles. The van der Waals surface area contributed by atoms with E-state index in [1.54, 1.807) is 6.07 Å². The molecule has 2 amide bonds. The Bertz CT molecular complexity index is 421. The van der Waals surface area contributed by atoms with Crippen LogP contribution in [0.1, 0.15) is 31.8 Å². The van der Waals surface area contributed by atoms with Gasteiger partial charge in [0.1, 0.15) is 0 Å². The van der Waals surface area contributed by atoms with Crippen molar-refractivity contribution in [2.45, 2.75) is 13.8 Å². The lowest BCUT2D eigenvalue weighted by Crippen LogP contribution is -2.11. The van der Waals surface area contributed by atoms with Gasteiger partial charge in [0.25, 0.3) is 11.8 Å². The van der Waals surface area contributed by atoms with E-state index >= 15 is 0 Å². The molecule has 1 radical (unpaired) electrons. The van der Waals surface area contributed by atoms with Gasteiger partial charge in [-0.3, -0.25) is 9.59 Å². The van der Waals surface area contributed by atoms with E-state index in [1.165, 1.54) is 0 Å². The van der Waals surface area contributed by atoms with E-state index in [2.05, 4.69) is 5.32 Å². The molecular weight excluding hydrogens is 166 g/mol. The largest absolute Gasteiger partial charge is 0.281 e. The maximum absolute atomic E-state index is 11.3. The summed E-state index contributed by atoms with van der Waals surface area (Å²) in [5.74, 6) is -0.815. The topological polar surface area (TPSA) is 48.2 Å². The Hall–Kier alpha value is -1.64. The second-order valence-electron chi connectivity index (χ2n) is 3.15. The van der Waals surface area contributed by atoms with Crippen molar-refractivity contribution >= 4 is 11.8 Å². The van der Waals surface area contributed by atoms with Crippen LogP contribution in [0.3, 0.4) is 0 Å². The van der Waals surface area contributed by atoms with Crippen LogP contribution in [-0.2, 0) is 0 Å². The first-order chi connectivity index (χ1) is 6.11. The van der Waals surface area contributed by atoms with Crippen LogP contribution >= 0.6 is 0 Å². The Balaban J connectivity index is 2.78. The summed E-state index contributed by atoms with van der Waals surface area (Å²) in [5, 5.41) is 3.38. The first-order valence-corrected chi connectivity index (χ1v) is 4.02. The van der Waals surface area contributed by atoms with E-state index in [-0.39, 0.29) is 0 Å². The fourth-order valence-electron chi connectivity index (χ4n) is 1.48. The van der Waals surface area contributed by atoms with Crippen LogP contribution in [0.25, 0.3) is 0 Å². The highest BCUT2D eigenvalue weighted by atomic mass is 16.2. The molecule has 3 nitrogen and oxygen atoms in total. The molecule has 1 heterocycles. The molecule has 1 aliphatic rings. The number of imide groups is 1. The maximum atomic E-state index is 11.3. The molecule has 0 spiro atoms. The van der Waals surface area contributed by atoms with Crippen molar-refractivity contribution in [3.8, 4) is 0 Å². The lowest BCUT2D eigenvalue weighted by Gasteiger charge is -2.02. The number of amides is 2. The maximum Gasteiger partial charge on any atom is 0.281 e. The van der Waals surface area contributed by atoms with Crippen LogP contribution in [0.5, 0.6) is 0 Å². The molecule has 2 rings (SSSR count). The molecule has 65 valence electrons. The highest BCUT2D eigenvalue weighted by molar-refractivity contribution is 6.21. The standard InChI is InChI=1S/C10H8NO2/c1-5-3-4-7-8(6(5)2)10(13)11-9(7)12/h3-4H,1-2H3. The number of carbonyl (C=O) groups excluding carboxylic acids is 2. The second kappa shape index (κ2) is 2.42. The van der Waals surface area contributed by atoms with Gasteiger partial charge in [0.15, 0.2) is 0 Å². The average Bonchev–Trinajstić information content (AvgIpc) is 2.35.